The van der Waals surface area contributed by atoms with Gasteiger partial charge in [0.15, 0.2) is 0 Å². The lowest BCUT2D eigenvalue weighted by Gasteiger charge is -2.33. The van der Waals surface area contributed by atoms with Crippen LogP contribution in [0.2, 0.25) is 0 Å². The van der Waals surface area contributed by atoms with Crippen LogP contribution in [0.4, 0.5) is 0 Å². The Bertz CT molecular complexity index is 274. The second-order valence-electron chi connectivity index (χ2n) is 4.98. The molecular formula is C16H27N. The molecule has 1 rings (SSSR count). The topological polar surface area (TPSA) is 12.4 Å². The molecule has 1 aliphatic heterocycles. The summed E-state index contributed by atoms with van der Waals surface area (Å²) in [4.78, 5) is 4.78. The van der Waals surface area contributed by atoms with Gasteiger partial charge < -0.3 is 0 Å². The second kappa shape index (κ2) is 7.47. The molecule has 0 amide bonds. The van der Waals surface area contributed by atoms with Gasteiger partial charge in [-0.15, -0.1) is 0 Å². The van der Waals surface area contributed by atoms with Gasteiger partial charge in [-0.25, -0.2) is 0 Å². The van der Waals surface area contributed by atoms with Crippen LogP contribution < -0.4 is 0 Å². The van der Waals surface area contributed by atoms with Crippen molar-refractivity contribution in [2.45, 2.75) is 64.8 Å². The Labute approximate surface area is 107 Å². The predicted octanol–water partition coefficient (Wildman–Crippen LogP) is 4.94. The van der Waals surface area contributed by atoms with Gasteiger partial charge in [0.05, 0.1) is 5.54 Å². The normalized spacial score (nSPS) is 24.9. The molecule has 0 radical (unpaired) electrons. The molecule has 0 N–H and O–H groups in total. The summed E-state index contributed by atoms with van der Waals surface area (Å²) in [7, 11) is 0. The third-order valence-electron chi connectivity index (χ3n) is 3.60. The average molecular weight is 233 g/mol. The van der Waals surface area contributed by atoms with E-state index in [0.29, 0.717) is 5.92 Å². The molecule has 1 heteroatoms. The number of allylic oxidation sites excluding steroid dienone is 3. The highest BCUT2D eigenvalue weighted by atomic mass is 14.9. The zero-order valence-electron chi connectivity index (χ0n) is 11.7. The number of hydrogen-bond acceptors (Lipinski definition) is 1. The van der Waals surface area contributed by atoms with Gasteiger partial charge in [-0.1, -0.05) is 51.8 Å². The minimum atomic E-state index is 0.100. The molecule has 0 bridgehead atoms. The largest absolute Gasteiger partial charge is 0.282 e. The van der Waals surface area contributed by atoms with Gasteiger partial charge in [0, 0.05) is 6.21 Å². The number of rotatable bonds is 8. The molecule has 0 fully saturated rings. The Morgan fingerprint density at radius 3 is 2.53 bits per heavy atom. The maximum absolute atomic E-state index is 4.78. The van der Waals surface area contributed by atoms with E-state index in [-0.39, 0.29) is 5.54 Å². The van der Waals surface area contributed by atoms with Crippen LogP contribution in [0, 0.1) is 5.92 Å². The van der Waals surface area contributed by atoms with Crippen LogP contribution in [-0.4, -0.2) is 11.8 Å². The molecule has 0 aromatic heterocycles. The summed E-state index contributed by atoms with van der Waals surface area (Å²) in [6, 6.07) is 0. The van der Waals surface area contributed by atoms with Crippen LogP contribution in [0.1, 0.15) is 59.3 Å². The summed E-state index contributed by atoms with van der Waals surface area (Å²) < 4.78 is 0. The lowest BCUT2D eigenvalue weighted by molar-refractivity contribution is 0.299. The standard InChI is InChI=1S/C16H27N/c1-4-7-8-11-15(10-5-2)16(12-6-3)13-9-14-17-16/h7-9,13-15H,4-6,10-12H2,1-3H3. The summed E-state index contributed by atoms with van der Waals surface area (Å²) in [5.74, 6) is 0.672. The van der Waals surface area contributed by atoms with E-state index in [1.807, 2.05) is 6.21 Å². The molecule has 17 heavy (non-hydrogen) atoms. The van der Waals surface area contributed by atoms with Crippen molar-refractivity contribution < 1.29 is 0 Å². The third kappa shape index (κ3) is 3.83. The molecule has 0 saturated heterocycles. The van der Waals surface area contributed by atoms with E-state index in [4.69, 9.17) is 4.99 Å². The van der Waals surface area contributed by atoms with E-state index in [9.17, 15) is 0 Å². The van der Waals surface area contributed by atoms with Gasteiger partial charge in [-0.05, 0) is 37.7 Å². The Morgan fingerprint density at radius 1 is 1.18 bits per heavy atom. The van der Waals surface area contributed by atoms with Gasteiger partial charge in [-0.3, -0.25) is 4.99 Å². The van der Waals surface area contributed by atoms with E-state index in [1.54, 1.807) is 0 Å². The Hall–Kier alpha value is -0.850. The van der Waals surface area contributed by atoms with E-state index >= 15 is 0 Å². The summed E-state index contributed by atoms with van der Waals surface area (Å²) in [5.41, 5.74) is 0.100. The lowest BCUT2D eigenvalue weighted by Crippen LogP contribution is -2.32. The van der Waals surface area contributed by atoms with Crippen molar-refractivity contribution in [3.05, 3.63) is 24.3 Å². The molecule has 0 aromatic rings. The van der Waals surface area contributed by atoms with Crippen molar-refractivity contribution in [1.29, 1.82) is 0 Å². The molecule has 2 atom stereocenters. The van der Waals surface area contributed by atoms with Crippen LogP contribution >= 0.6 is 0 Å². The van der Waals surface area contributed by atoms with Crippen molar-refractivity contribution in [2.24, 2.45) is 10.9 Å². The minimum Gasteiger partial charge on any atom is -0.282 e. The molecule has 1 nitrogen and oxygen atoms in total. The van der Waals surface area contributed by atoms with Crippen molar-refractivity contribution in [2.75, 3.05) is 0 Å². The molecule has 0 saturated carbocycles. The number of aliphatic imine (C=N–C) groups is 1. The fourth-order valence-electron chi connectivity index (χ4n) is 2.78. The van der Waals surface area contributed by atoms with E-state index < -0.39 is 0 Å². The maximum Gasteiger partial charge on any atom is 0.0822 e. The number of nitrogens with zero attached hydrogens (tertiary/aromatic N) is 1. The molecule has 0 aromatic carbocycles. The quantitative estimate of drug-likeness (QED) is 0.527. The first-order valence-corrected chi connectivity index (χ1v) is 7.17. The highest BCUT2D eigenvalue weighted by Gasteiger charge is 2.34. The van der Waals surface area contributed by atoms with Crippen molar-refractivity contribution in [3.63, 3.8) is 0 Å². The Morgan fingerprint density at radius 2 is 2.00 bits per heavy atom. The summed E-state index contributed by atoms with van der Waals surface area (Å²) in [6.07, 6.45) is 18.3. The summed E-state index contributed by atoms with van der Waals surface area (Å²) in [5, 5.41) is 0. The van der Waals surface area contributed by atoms with Crippen LogP contribution in [0.5, 0.6) is 0 Å². The smallest absolute Gasteiger partial charge is 0.0822 e. The van der Waals surface area contributed by atoms with Gasteiger partial charge >= 0.3 is 0 Å². The van der Waals surface area contributed by atoms with Gasteiger partial charge in [0.1, 0.15) is 0 Å². The average Bonchev–Trinajstić information content (AvgIpc) is 2.78. The maximum atomic E-state index is 4.78. The molecule has 1 aliphatic rings. The van der Waals surface area contributed by atoms with Crippen molar-refractivity contribution in [1.82, 2.24) is 0 Å². The predicted molar refractivity (Wildman–Crippen MR) is 77.7 cm³/mol. The van der Waals surface area contributed by atoms with Crippen molar-refractivity contribution >= 4 is 6.21 Å². The molecule has 0 aliphatic carbocycles. The molecular weight excluding hydrogens is 206 g/mol. The minimum absolute atomic E-state index is 0.100. The first-order chi connectivity index (χ1) is 8.29. The monoisotopic (exact) mass is 233 g/mol. The molecule has 96 valence electrons. The zero-order chi connectivity index (χ0) is 12.6. The molecule has 1 heterocycles. The van der Waals surface area contributed by atoms with E-state index in [1.165, 1.54) is 32.1 Å². The van der Waals surface area contributed by atoms with Gasteiger partial charge in [0.25, 0.3) is 0 Å². The Balaban J connectivity index is 2.75. The highest BCUT2D eigenvalue weighted by molar-refractivity contribution is 5.75. The lowest BCUT2D eigenvalue weighted by atomic mass is 9.77. The molecule has 2 unspecified atom stereocenters. The first kappa shape index (κ1) is 14.2. The Kier molecular flexibility index (Phi) is 6.25. The van der Waals surface area contributed by atoms with Crippen LogP contribution in [-0.2, 0) is 0 Å². The van der Waals surface area contributed by atoms with E-state index in [0.717, 1.165) is 6.42 Å². The molecule has 0 spiro atoms. The number of hydrogen-bond donors (Lipinski definition) is 0. The third-order valence-corrected chi connectivity index (χ3v) is 3.60. The van der Waals surface area contributed by atoms with Gasteiger partial charge in [-0.2, -0.15) is 0 Å². The fraction of sp³-hybridized carbons (Fsp3) is 0.688. The van der Waals surface area contributed by atoms with Crippen LogP contribution in [0.3, 0.4) is 0 Å². The zero-order valence-corrected chi connectivity index (χ0v) is 11.7. The SMILES string of the molecule is CCC=CCC(CCC)C1(CCC)C=CC=N1. The van der Waals surface area contributed by atoms with Crippen LogP contribution in [0.25, 0.3) is 0 Å². The summed E-state index contributed by atoms with van der Waals surface area (Å²) >= 11 is 0. The summed E-state index contributed by atoms with van der Waals surface area (Å²) in [6.45, 7) is 6.73. The first-order valence-electron chi connectivity index (χ1n) is 7.17. The second-order valence-corrected chi connectivity index (χ2v) is 4.98. The fourth-order valence-corrected chi connectivity index (χ4v) is 2.78. The van der Waals surface area contributed by atoms with E-state index in [2.05, 4.69) is 45.1 Å². The highest BCUT2D eigenvalue weighted by Crippen LogP contribution is 2.37. The van der Waals surface area contributed by atoms with Crippen molar-refractivity contribution in [3.8, 4) is 0 Å². The van der Waals surface area contributed by atoms with Gasteiger partial charge in [0.2, 0.25) is 0 Å². The van der Waals surface area contributed by atoms with Crippen LogP contribution in [0.15, 0.2) is 29.3 Å².